The summed E-state index contributed by atoms with van der Waals surface area (Å²) in [4.78, 5) is 14.6. The summed E-state index contributed by atoms with van der Waals surface area (Å²) in [6, 6.07) is 8.26. The summed E-state index contributed by atoms with van der Waals surface area (Å²) in [5.41, 5.74) is 1.74. The number of hydrogen-bond acceptors (Lipinski definition) is 2. The average molecular weight is 230 g/mol. The number of likely N-dealkylation sites (tertiary alicyclic amines) is 1. The Bertz CT molecular complexity index is 444. The molecule has 0 aromatic heterocycles. The minimum absolute atomic E-state index is 0.196. The lowest BCUT2D eigenvalue weighted by molar-refractivity contribution is 0.0704. The molecule has 1 N–H and O–H groups in total. The maximum absolute atomic E-state index is 12.5. The second-order valence-electron chi connectivity index (χ2n) is 5.09. The van der Waals surface area contributed by atoms with Gasteiger partial charge < -0.3 is 10.2 Å². The smallest absolute Gasteiger partial charge is 0.256 e. The molecule has 3 rings (SSSR count). The molecule has 1 aliphatic carbocycles. The van der Waals surface area contributed by atoms with Gasteiger partial charge in [-0.1, -0.05) is 12.1 Å². The van der Waals surface area contributed by atoms with E-state index < -0.39 is 0 Å². The predicted molar refractivity (Wildman–Crippen MR) is 68.2 cm³/mol. The van der Waals surface area contributed by atoms with Crippen LogP contribution < -0.4 is 5.32 Å². The molecule has 3 heteroatoms. The zero-order chi connectivity index (χ0) is 11.8. The van der Waals surface area contributed by atoms with Gasteiger partial charge in [0.1, 0.15) is 0 Å². The number of fused-ring (bicyclic) bond motifs is 2. The Balaban J connectivity index is 1.86. The van der Waals surface area contributed by atoms with E-state index in [1.54, 1.807) is 0 Å². The first-order valence-electron chi connectivity index (χ1n) is 6.37. The van der Waals surface area contributed by atoms with E-state index in [4.69, 9.17) is 0 Å². The van der Waals surface area contributed by atoms with E-state index in [-0.39, 0.29) is 5.91 Å². The largest absolute Gasteiger partial charge is 0.387 e. The van der Waals surface area contributed by atoms with Gasteiger partial charge in [-0.15, -0.1) is 0 Å². The SMILES string of the molecule is CNc1ccccc1C(=O)N1CC2CCC1C2. The molecule has 1 heterocycles. The number of amides is 1. The van der Waals surface area contributed by atoms with Crippen molar-refractivity contribution in [3.63, 3.8) is 0 Å². The molecule has 1 aromatic rings. The molecule has 2 aliphatic rings. The number of carbonyl (C=O) groups excluding carboxylic acids is 1. The Morgan fingerprint density at radius 3 is 2.82 bits per heavy atom. The molecule has 3 nitrogen and oxygen atoms in total. The molecule has 17 heavy (non-hydrogen) atoms. The Morgan fingerprint density at radius 1 is 1.35 bits per heavy atom. The molecule has 1 saturated carbocycles. The molecule has 1 saturated heterocycles. The van der Waals surface area contributed by atoms with Crippen LogP contribution in [0.25, 0.3) is 0 Å². The Labute approximate surface area is 102 Å². The number of hydrogen-bond donors (Lipinski definition) is 1. The van der Waals surface area contributed by atoms with Gasteiger partial charge in [-0.2, -0.15) is 0 Å². The highest BCUT2D eigenvalue weighted by Crippen LogP contribution is 2.38. The fourth-order valence-corrected chi connectivity index (χ4v) is 3.22. The summed E-state index contributed by atoms with van der Waals surface area (Å²) in [5.74, 6) is 0.952. The summed E-state index contributed by atoms with van der Waals surface area (Å²) < 4.78 is 0. The number of rotatable bonds is 2. The zero-order valence-electron chi connectivity index (χ0n) is 10.1. The van der Waals surface area contributed by atoms with Crippen molar-refractivity contribution in [1.82, 2.24) is 4.90 Å². The maximum Gasteiger partial charge on any atom is 0.256 e. The second kappa shape index (κ2) is 4.06. The standard InChI is InChI=1S/C14H18N2O/c1-15-13-5-3-2-4-12(13)14(17)16-9-10-6-7-11(16)8-10/h2-5,10-11,15H,6-9H2,1H3. The first-order valence-corrected chi connectivity index (χ1v) is 6.37. The minimum Gasteiger partial charge on any atom is -0.387 e. The van der Waals surface area contributed by atoms with E-state index in [1.165, 1.54) is 19.3 Å². The molecule has 0 spiro atoms. The van der Waals surface area contributed by atoms with Crippen molar-refractivity contribution in [2.75, 3.05) is 18.9 Å². The normalized spacial score (nSPS) is 26.3. The highest BCUT2D eigenvalue weighted by atomic mass is 16.2. The highest BCUT2D eigenvalue weighted by molar-refractivity contribution is 6.00. The Hall–Kier alpha value is -1.51. The summed E-state index contributed by atoms with van der Waals surface area (Å²) in [5, 5.41) is 3.10. The molecule has 2 unspecified atom stereocenters. The van der Waals surface area contributed by atoms with Gasteiger partial charge in [0.25, 0.3) is 5.91 Å². The number of anilines is 1. The van der Waals surface area contributed by atoms with Crippen LogP contribution in [0, 0.1) is 5.92 Å². The first-order chi connectivity index (χ1) is 8.29. The van der Waals surface area contributed by atoms with Crippen LogP contribution in [0.15, 0.2) is 24.3 Å². The molecule has 1 aliphatic heterocycles. The molecule has 1 aromatic carbocycles. The molecule has 0 radical (unpaired) electrons. The van der Waals surface area contributed by atoms with Gasteiger partial charge in [-0.3, -0.25) is 4.79 Å². The lowest BCUT2D eigenvalue weighted by atomic mass is 10.1. The molecule has 2 bridgehead atoms. The van der Waals surface area contributed by atoms with Crippen molar-refractivity contribution >= 4 is 11.6 Å². The van der Waals surface area contributed by atoms with Crippen LogP contribution in [0.1, 0.15) is 29.6 Å². The van der Waals surface area contributed by atoms with Gasteiger partial charge in [0.2, 0.25) is 0 Å². The van der Waals surface area contributed by atoms with Crippen LogP contribution in [0.4, 0.5) is 5.69 Å². The Kier molecular flexibility index (Phi) is 2.54. The number of piperidine rings is 1. The fraction of sp³-hybridized carbons (Fsp3) is 0.500. The van der Waals surface area contributed by atoms with Crippen molar-refractivity contribution < 1.29 is 4.79 Å². The summed E-state index contributed by atoms with van der Waals surface area (Å²) in [7, 11) is 1.86. The van der Waals surface area contributed by atoms with Gasteiger partial charge in [0, 0.05) is 25.3 Å². The van der Waals surface area contributed by atoms with Crippen LogP contribution in [-0.2, 0) is 0 Å². The number of nitrogens with one attached hydrogen (secondary N) is 1. The Morgan fingerprint density at radius 2 is 2.18 bits per heavy atom. The second-order valence-corrected chi connectivity index (χ2v) is 5.09. The van der Waals surface area contributed by atoms with E-state index in [9.17, 15) is 4.79 Å². The number of benzene rings is 1. The monoisotopic (exact) mass is 230 g/mol. The van der Waals surface area contributed by atoms with Crippen molar-refractivity contribution in [3.8, 4) is 0 Å². The molecular formula is C14H18N2O. The van der Waals surface area contributed by atoms with E-state index >= 15 is 0 Å². The molecule has 2 fully saturated rings. The van der Waals surface area contributed by atoms with E-state index in [1.807, 2.05) is 31.3 Å². The van der Waals surface area contributed by atoms with E-state index in [0.29, 0.717) is 6.04 Å². The first kappa shape index (κ1) is 10.6. The lowest BCUT2D eigenvalue weighted by Crippen LogP contribution is -2.37. The van der Waals surface area contributed by atoms with E-state index in [0.717, 1.165) is 23.7 Å². The molecular weight excluding hydrogens is 212 g/mol. The lowest BCUT2D eigenvalue weighted by Gasteiger charge is -2.27. The van der Waals surface area contributed by atoms with Crippen LogP contribution in [-0.4, -0.2) is 30.4 Å². The van der Waals surface area contributed by atoms with Crippen molar-refractivity contribution in [3.05, 3.63) is 29.8 Å². The summed E-state index contributed by atoms with van der Waals surface area (Å²) in [6.07, 6.45) is 3.72. The van der Waals surface area contributed by atoms with Gasteiger partial charge in [-0.05, 0) is 37.3 Å². The van der Waals surface area contributed by atoms with Crippen LogP contribution in [0.3, 0.4) is 0 Å². The number of nitrogens with zero attached hydrogens (tertiary/aromatic N) is 1. The van der Waals surface area contributed by atoms with Gasteiger partial charge in [-0.25, -0.2) is 0 Å². The molecule has 1 amide bonds. The van der Waals surface area contributed by atoms with Crippen molar-refractivity contribution in [2.24, 2.45) is 5.92 Å². The highest BCUT2D eigenvalue weighted by Gasteiger charge is 2.40. The third-order valence-electron chi connectivity index (χ3n) is 4.10. The average Bonchev–Trinajstić information content (AvgIpc) is 3.00. The summed E-state index contributed by atoms with van der Waals surface area (Å²) >= 11 is 0. The van der Waals surface area contributed by atoms with Gasteiger partial charge in [0.05, 0.1) is 5.56 Å². The van der Waals surface area contributed by atoms with Crippen LogP contribution >= 0.6 is 0 Å². The third-order valence-corrected chi connectivity index (χ3v) is 4.10. The van der Waals surface area contributed by atoms with Crippen molar-refractivity contribution in [1.29, 1.82) is 0 Å². The van der Waals surface area contributed by atoms with Crippen LogP contribution in [0.5, 0.6) is 0 Å². The van der Waals surface area contributed by atoms with Gasteiger partial charge >= 0.3 is 0 Å². The quantitative estimate of drug-likeness (QED) is 0.846. The molecule has 90 valence electrons. The number of carbonyl (C=O) groups is 1. The van der Waals surface area contributed by atoms with Gasteiger partial charge in [0.15, 0.2) is 0 Å². The fourth-order valence-electron chi connectivity index (χ4n) is 3.22. The maximum atomic E-state index is 12.5. The zero-order valence-corrected chi connectivity index (χ0v) is 10.1. The van der Waals surface area contributed by atoms with E-state index in [2.05, 4.69) is 10.2 Å². The van der Waals surface area contributed by atoms with Crippen molar-refractivity contribution in [2.45, 2.75) is 25.3 Å². The molecule has 2 atom stereocenters. The topological polar surface area (TPSA) is 32.3 Å². The minimum atomic E-state index is 0.196. The third kappa shape index (κ3) is 1.70. The predicted octanol–water partition coefficient (Wildman–Crippen LogP) is 2.35. The summed E-state index contributed by atoms with van der Waals surface area (Å²) in [6.45, 7) is 0.960. The number of para-hydroxylation sites is 1. The van der Waals surface area contributed by atoms with Crippen LogP contribution in [0.2, 0.25) is 0 Å².